The number of hydrogen-bond acceptors (Lipinski definition) is 8. The zero-order valence-electron chi connectivity index (χ0n) is 11.9. The summed E-state index contributed by atoms with van der Waals surface area (Å²) in [6.07, 6.45) is 0. The van der Waals surface area contributed by atoms with Gasteiger partial charge in [-0.2, -0.15) is 0 Å². The molecule has 118 valence electrons. The van der Waals surface area contributed by atoms with Crippen LogP contribution in [0.4, 0.5) is 5.13 Å². The van der Waals surface area contributed by atoms with E-state index in [-0.39, 0.29) is 5.91 Å². The number of nitrogens with two attached hydrogens (primary N) is 1. The maximum Gasteiger partial charge on any atom is 0.276 e. The number of carbonyl (C=O) groups is 1. The van der Waals surface area contributed by atoms with Gasteiger partial charge in [-0.3, -0.25) is 15.0 Å². The molecule has 22 heavy (non-hydrogen) atoms. The molecule has 1 amide bonds. The molecule has 1 saturated heterocycles. The Balaban J connectivity index is 1.57. The van der Waals surface area contributed by atoms with Crippen LogP contribution in [-0.2, 0) is 17.8 Å². The molecule has 0 unspecified atom stereocenters. The van der Waals surface area contributed by atoms with Gasteiger partial charge in [0.2, 0.25) is 0 Å². The van der Waals surface area contributed by atoms with Gasteiger partial charge in [-0.15, -0.1) is 22.7 Å². The normalized spacial score (nSPS) is 15.9. The van der Waals surface area contributed by atoms with Gasteiger partial charge < -0.3 is 10.5 Å². The van der Waals surface area contributed by atoms with Crippen molar-refractivity contribution in [2.75, 3.05) is 31.6 Å². The molecule has 2 aromatic rings. The summed E-state index contributed by atoms with van der Waals surface area (Å²) in [5, 5.41) is 7.80. The van der Waals surface area contributed by atoms with Crippen molar-refractivity contribution in [3.63, 3.8) is 0 Å². The second kappa shape index (κ2) is 7.25. The van der Waals surface area contributed by atoms with Gasteiger partial charge in [0.1, 0.15) is 10.7 Å². The van der Waals surface area contributed by atoms with Gasteiger partial charge in [0.25, 0.3) is 5.91 Å². The van der Waals surface area contributed by atoms with Gasteiger partial charge in [-0.25, -0.2) is 9.97 Å². The van der Waals surface area contributed by atoms with Crippen LogP contribution in [0.5, 0.6) is 0 Å². The number of carbonyl (C=O) groups excluding carboxylic acids is 1. The van der Waals surface area contributed by atoms with Crippen LogP contribution in [-0.4, -0.2) is 47.1 Å². The highest BCUT2D eigenvalue weighted by Gasteiger charge is 2.15. The molecule has 0 radical (unpaired) electrons. The molecule has 0 atom stereocenters. The molecule has 3 heterocycles. The van der Waals surface area contributed by atoms with Crippen LogP contribution in [0.1, 0.15) is 21.2 Å². The molecule has 1 fully saturated rings. The maximum absolute atomic E-state index is 12.1. The Morgan fingerprint density at radius 3 is 2.86 bits per heavy atom. The number of ether oxygens (including phenoxy) is 1. The van der Waals surface area contributed by atoms with Gasteiger partial charge in [-0.1, -0.05) is 0 Å². The topological polar surface area (TPSA) is 93.4 Å². The van der Waals surface area contributed by atoms with Crippen LogP contribution in [0.25, 0.3) is 0 Å². The van der Waals surface area contributed by atoms with E-state index in [1.807, 2.05) is 5.38 Å². The van der Waals surface area contributed by atoms with Gasteiger partial charge in [-0.05, 0) is 0 Å². The van der Waals surface area contributed by atoms with E-state index in [0.29, 0.717) is 17.4 Å². The predicted octanol–water partition coefficient (Wildman–Crippen LogP) is 1.14. The predicted molar refractivity (Wildman–Crippen MR) is 86.2 cm³/mol. The Hall–Kier alpha value is -1.39. The SMILES string of the molecule is NCc1nc(C(=O)Nc2nc(CN3CCOCC3)cs2)cs1. The van der Waals surface area contributed by atoms with Gasteiger partial charge in [0.05, 0.1) is 18.9 Å². The lowest BCUT2D eigenvalue weighted by Crippen LogP contribution is -2.35. The van der Waals surface area contributed by atoms with Gasteiger partial charge >= 0.3 is 0 Å². The van der Waals surface area contributed by atoms with Crippen LogP contribution in [0.3, 0.4) is 0 Å². The first-order valence-electron chi connectivity index (χ1n) is 6.95. The van der Waals surface area contributed by atoms with Crippen molar-refractivity contribution in [2.24, 2.45) is 5.73 Å². The number of thiazole rings is 2. The van der Waals surface area contributed by atoms with Gasteiger partial charge in [0, 0.05) is 36.9 Å². The van der Waals surface area contributed by atoms with E-state index in [1.165, 1.54) is 22.7 Å². The zero-order valence-corrected chi connectivity index (χ0v) is 13.6. The molecular formula is C13H17N5O2S2. The average molecular weight is 339 g/mol. The summed E-state index contributed by atoms with van der Waals surface area (Å²) >= 11 is 2.81. The number of amides is 1. The molecule has 7 nitrogen and oxygen atoms in total. The van der Waals surface area contributed by atoms with Crippen molar-refractivity contribution in [1.82, 2.24) is 14.9 Å². The highest BCUT2D eigenvalue weighted by molar-refractivity contribution is 7.14. The Bertz CT molecular complexity index is 636. The molecule has 0 saturated carbocycles. The number of hydrogen-bond donors (Lipinski definition) is 2. The minimum absolute atomic E-state index is 0.247. The molecule has 0 bridgehead atoms. The smallest absolute Gasteiger partial charge is 0.276 e. The maximum atomic E-state index is 12.1. The molecule has 0 aromatic carbocycles. The highest BCUT2D eigenvalue weighted by atomic mass is 32.1. The van der Waals surface area contributed by atoms with Crippen molar-refractivity contribution in [3.8, 4) is 0 Å². The molecule has 3 rings (SSSR count). The Kier molecular flexibility index (Phi) is 5.11. The number of rotatable bonds is 5. The third kappa shape index (κ3) is 3.87. The fourth-order valence-corrected chi connectivity index (χ4v) is 3.45. The zero-order chi connectivity index (χ0) is 15.4. The van der Waals surface area contributed by atoms with Gasteiger partial charge in [0.15, 0.2) is 5.13 Å². The largest absolute Gasteiger partial charge is 0.379 e. The van der Waals surface area contributed by atoms with E-state index in [9.17, 15) is 4.79 Å². The van der Waals surface area contributed by atoms with E-state index in [1.54, 1.807) is 5.38 Å². The lowest BCUT2D eigenvalue weighted by atomic mass is 10.4. The molecule has 0 aliphatic carbocycles. The van der Waals surface area contributed by atoms with Crippen LogP contribution in [0.15, 0.2) is 10.8 Å². The number of aromatic nitrogens is 2. The molecule has 3 N–H and O–H groups in total. The fraction of sp³-hybridized carbons (Fsp3) is 0.462. The Morgan fingerprint density at radius 2 is 2.14 bits per heavy atom. The van der Waals surface area contributed by atoms with Crippen LogP contribution in [0.2, 0.25) is 0 Å². The second-order valence-electron chi connectivity index (χ2n) is 4.82. The first kappa shape index (κ1) is 15.5. The van der Waals surface area contributed by atoms with Crippen molar-refractivity contribution in [2.45, 2.75) is 13.1 Å². The Morgan fingerprint density at radius 1 is 1.32 bits per heavy atom. The molecule has 9 heteroatoms. The minimum atomic E-state index is -0.247. The summed E-state index contributed by atoms with van der Waals surface area (Å²) in [7, 11) is 0. The third-order valence-corrected chi connectivity index (χ3v) is 4.90. The van der Waals surface area contributed by atoms with Crippen molar-refractivity contribution in [1.29, 1.82) is 0 Å². The highest BCUT2D eigenvalue weighted by Crippen LogP contribution is 2.18. The van der Waals surface area contributed by atoms with Crippen molar-refractivity contribution < 1.29 is 9.53 Å². The molecule has 1 aliphatic rings. The average Bonchev–Trinajstić information content (AvgIpc) is 3.17. The number of nitrogens with one attached hydrogen (secondary N) is 1. The lowest BCUT2D eigenvalue weighted by Gasteiger charge is -2.25. The number of anilines is 1. The monoisotopic (exact) mass is 339 g/mol. The van der Waals surface area contributed by atoms with E-state index in [0.717, 1.165) is 43.5 Å². The van der Waals surface area contributed by atoms with Crippen molar-refractivity contribution >= 4 is 33.7 Å². The summed E-state index contributed by atoms with van der Waals surface area (Å²) in [5.74, 6) is -0.247. The number of morpholine rings is 1. The summed E-state index contributed by atoms with van der Waals surface area (Å²) in [6.45, 7) is 4.49. The summed E-state index contributed by atoms with van der Waals surface area (Å²) in [6, 6.07) is 0. The summed E-state index contributed by atoms with van der Waals surface area (Å²) < 4.78 is 5.32. The molecule has 0 spiro atoms. The minimum Gasteiger partial charge on any atom is -0.379 e. The third-order valence-electron chi connectivity index (χ3n) is 3.22. The first-order chi connectivity index (χ1) is 10.7. The standard InChI is InChI=1S/C13H17N5O2S2/c14-5-11-16-10(8-21-11)12(19)17-13-15-9(7-22-13)6-18-1-3-20-4-2-18/h7-8H,1-6,14H2,(H,15,17,19). The molecular weight excluding hydrogens is 322 g/mol. The molecule has 2 aromatic heterocycles. The summed E-state index contributed by atoms with van der Waals surface area (Å²) in [5.41, 5.74) is 6.85. The first-order valence-corrected chi connectivity index (χ1v) is 8.71. The number of nitrogens with zero attached hydrogens (tertiary/aromatic N) is 3. The summed E-state index contributed by atoms with van der Waals surface area (Å²) in [4.78, 5) is 23.0. The van der Waals surface area contributed by atoms with E-state index in [4.69, 9.17) is 10.5 Å². The lowest BCUT2D eigenvalue weighted by molar-refractivity contribution is 0.0337. The van der Waals surface area contributed by atoms with E-state index < -0.39 is 0 Å². The van der Waals surface area contributed by atoms with E-state index in [2.05, 4.69) is 20.2 Å². The Labute approximate surface area is 136 Å². The second-order valence-corrected chi connectivity index (χ2v) is 6.62. The quantitative estimate of drug-likeness (QED) is 0.848. The van der Waals surface area contributed by atoms with Crippen molar-refractivity contribution in [3.05, 3.63) is 27.2 Å². The van der Waals surface area contributed by atoms with Crippen LogP contribution in [0, 0.1) is 0 Å². The molecule has 1 aliphatic heterocycles. The van der Waals surface area contributed by atoms with E-state index >= 15 is 0 Å². The van der Waals surface area contributed by atoms with Crippen LogP contribution < -0.4 is 11.1 Å². The fourth-order valence-electron chi connectivity index (χ4n) is 2.10. The van der Waals surface area contributed by atoms with Crippen LogP contribution >= 0.6 is 22.7 Å².